The maximum atomic E-state index is 6.33. The fourth-order valence-electron chi connectivity index (χ4n) is 5.16. The maximum absolute atomic E-state index is 6.33. The Labute approximate surface area is 194 Å². The lowest BCUT2D eigenvalue weighted by molar-refractivity contribution is 0.150. The van der Waals surface area contributed by atoms with Crippen LogP contribution in [0.1, 0.15) is 26.7 Å². The number of ether oxygens (including phenoxy) is 1. The molecule has 0 aromatic rings. The molecule has 5 atom stereocenters. The van der Waals surface area contributed by atoms with Gasteiger partial charge in [0.25, 0.3) is 0 Å². The van der Waals surface area contributed by atoms with E-state index in [1.54, 1.807) is 0 Å². The molecule has 2 heteroatoms. The third-order valence-corrected chi connectivity index (χ3v) is 7.53. The van der Waals surface area contributed by atoms with Gasteiger partial charge in [-0.3, -0.25) is 0 Å². The van der Waals surface area contributed by atoms with E-state index < -0.39 is 0 Å². The van der Waals surface area contributed by atoms with Crippen molar-refractivity contribution in [3.05, 3.63) is 130 Å². The predicted octanol–water partition coefficient (Wildman–Crippen LogP) is 7.61. The van der Waals surface area contributed by atoms with Gasteiger partial charge in [0.15, 0.2) is 0 Å². The van der Waals surface area contributed by atoms with Crippen LogP contribution in [-0.2, 0) is 4.74 Å². The highest BCUT2D eigenvalue weighted by atomic mass is 31.0. The van der Waals surface area contributed by atoms with Crippen molar-refractivity contribution in [3.8, 4) is 0 Å². The van der Waals surface area contributed by atoms with Crippen molar-refractivity contribution >= 4 is 9.24 Å². The Balaban J connectivity index is 1.57. The van der Waals surface area contributed by atoms with Crippen LogP contribution in [0.3, 0.4) is 0 Å². The van der Waals surface area contributed by atoms with Crippen molar-refractivity contribution < 1.29 is 4.74 Å². The normalized spacial score (nSPS) is 35.0. The average Bonchev–Trinajstić information content (AvgIpc) is 2.94. The summed E-state index contributed by atoms with van der Waals surface area (Å²) in [5.41, 5.74) is 6.77. The molecule has 0 fully saturated rings. The molecular formula is C30H31OP. The summed E-state index contributed by atoms with van der Waals surface area (Å²) in [5, 5.41) is 1.39. The minimum absolute atomic E-state index is 0.110. The van der Waals surface area contributed by atoms with Crippen molar-refractivity contribution in [3.63, 3.8) is 0 Å². The Morgan fingerprint density at radius 3 is 2.53 bits per heavy atom. The summed E-state index contributed by atoms with van der Waals surface area (Å²) in [5.74, 6) is 2.22. The Bertz CT molecular complexity index is 1140. The molecule has 0 N–H and O–H groups in total. The van der Waals surface area contributed by atoms with Crippen LogP contribution in [0, 0.1) is 17.8 Å². The summed E-state index contributed by atoms with van der Waals surface area (Å²) in [4.78, 5) is 0. The lowest BCUT2D eigenvalue weighted by Crippen LogP contribution is -2.22. The first-order valence-electron chi connectivity index (χ1n) is 11.6. The zero-order chi connectivity index (χ0) is 22.1. The maximum Gasteiger partial charge on any atom is 0.127 e. The van der Waals surface area contributed by atoms with E-state index >= 15 is 0 Å². The molecule has 1 aliphatic heterocycles. The minimum atomic E-state index is 0.110. The molecule has 0 bridgehead atoms. The fourth-order valence-corrected chi connectivity index (χ4v) is 5.74. The van der Waals surface area contributed by atoms with E-state index in [9.17, 15) is 0 Å². The second-order valence-electron chi connectivity index (χ2n) is 9.18. The first-order valence-corrected chi connectivity index (χ1v) is 12.2. The van der Waals surface area contributed by atoms with Gasteiger partial charge in [0.05, 0.1) is 5.76 Å². The van der Waals surface area contributed by atoms with Crippen LogP contribution < -0.4 is 0 Å². The zero-order valence-corrected chi connectivity index (χ0v) is 20.0. The van der Waals surface area contributed by atoms with Crippen LogP contribution in [-0.4, -0.2) is 6.10 Å². The SMILES string of the molecule is C\C1=C/C(CC2=C3C=CC(C)C=CC3=C(P)C3C=CC=CC23)=C\C=C\C2=CC=CCC2O1. The summed E-state index contributed by atoms with van der Waals surface area (Å²) < 4.78 is 6.33. The highest BCUT2D eigenvalue weighted by Gasteiger charge is 2.33. The molecule has 162 valence electrons. The molecule has 0 aromatic heterocycles. The van der Waals surface area contributed by atoms with Gasteiger partial charge in [-0.25, -0.2) is 0 Å². The third kappa shape index (κ3) is 4.19. The molecule has 0 amide bonds. The first-order chi connectivity index (χ1) is 15.6. The first kappa shape index (κ1) is 21.2. The van der Waals surface area contributed by atoms with Gasteiger partial charge in [-0.05, 0) is 52.9 Å². The number of hydrogen-bond donors (Lipinski definition) is 0. The molecule has 32 heavy (non-hydrogen) atoms. The summed E-state index contributed by atoms with van der Waals surface area (Å²) >= 11 is 0. The summed E-state index contributed by atoms with van der Waals surface area (Å²) in [6, 6.07) is 0. The molecule has 5 aliphatic rings. The van der Waals surface area contributed by atoms with Gasteiger partial charge in [0.1, 0.15) is 6.10 Å². The van der Waals surface area contributed by atoms with Crippen molar-refractivity contribution in [1.82, 2.24) is 0 Å². The molecule has 0 saturated carbocycles. The van der Waals surface area contributed by atoms with Gasteiger partial charge < -0.3 is 4.74 Å². The molecule has 0 spiro atoms. The highest BCUT2D eigenvalue weighted by Crippen LogP contribution is 2.48. The monoisotopic (exact) mass is 438 g/mol. The zero-order valence-electron chi connectivity index (χ0n) is 18.9. The van der Waals surface area contributed by atoms with Crippen molar-refractivity contribution in [2.45, 2.75) is 32.8 Å². The van der Waals surface area contributed by atoms with Gasteiger partial charge in [0.2, 0.25) is 0 Å². The molecule has 1 nitrogen and oxygen atoms in total. The van der Waals surface area contributed by atoms with E-state index in [0.717, 1.165) is 18.6 Å². The van der Waals surface area contributed by atoms with E-state index in [1.807, 2.05) is 0 Å². The predicted molar refractivity (Wildman–Crippen MR) is 139 cm³/mol. The molecule has 0 aromatic carbocycles. The smallest absolute Gasteiger partial charge is 0.127 e. The van der Waals surface area contributed by atoms with E-state index in [4.69, 9.17) is 4.74 Å². The Hall–Kier alpha value is -2.63. The van der Waals surface area contributed by atoms with Crippen LogP contribution in [0.4, 0.5) is 0 Å². The number of rotatable bonds is 2. The van der Waals surface area contributed by atoms with Crippen LogP contribution in [0.2, 0.25) is 0 Å². The van der Waals surface area contributed by atoms with Gasteiger partial charge >= 0.3 is 0 Å². The Kier molecular flexibility index (Phi) is 6.03. The summed E-state index contributed by atoms with van der Waals surface area (Å²) in [7, 11) is 3.04. The summed E-state index contributed by atoms with van der Waals surface area (Å²) in [6.45, 7) is 4.33. The average molecular weight is 439 g/mol. The van der Waals surface area contributed by atoms with Gasteiger partial charge in [-0.15, -0.1) is 9.24 Å². The number of allylic oxidation sites excluding steroid dienone is 19. The molecule has 1 heterocycles. The second-order valence-corrected chi connectivity index (χ2v) is 9.80. The third-order valence-electron chi connectivity index (χ3n) is 6.83. The molecule has 5 unspecified atom stereocenters. The van der Waals surface area contributed by atoms with Crippen LogP contribution >= 0.6 is 9.24 Å². The van der Waals surface area contributed by atoms with Crippen LogP contribution in [0.15, 0.2) is 130 Å². The van der Waals surface area contributed by atoms with E-state index in [2.05, 4.69) is 114 Å². The van der Waals surface area contributed by atoms with Gasteiger partial charge in [-0.1, -0.05) is 97.6 Å². The van der Waals surface area contributed by atoms with Gasteiger partial charge in [0, 0.05) is 18.3 Å². The van der Waals surface area contributed by atoms with Crippen molar-refractivity contribution in [2.75, 3.05) is 0 Å². The summed E-state index contributed by atoms with van der Waals surface area (Å²) in [6.07, 6.45) is 35.7. The van der Waals surface area contributed by atoms with E-state index in [0.29, 0.717) is 17.8 Å². The number of hydrogen-bond acceptors (Lipinski definition) is 1. The van der Waals surface area contributed by atoms with E-state index in [1.165, 1.54) is 33.2 Å². The second kappa shape index (κ2) is 9.08. The lowest BCUT2D eigenvalue weighted by Gasteiger charge is -2.35. The topological polar surface area (TPSA) is 9.23 Å². The molecule has 0 radical (unpaired) electrons. The largest absolute Gasteiger partial charge is 0.490 e. The number of fused-ring (bicyclic) bond motifs is 3. The molecule has 0 saturated heterocycles. The van der Waals surface area contributed by atoms with Crippen molar-refractivity contribution in [1.29, 1.82) is 0 Å². The molecule has 5 rings (SSSR count). The lowest BCUT2D eigenvalue weighted by atomic mass is 9.72. The fraction of sp³-hybridized carbons (Fsp3) is 0.267. The quantitative estimate of drug-likeness (QED) is 0.403. The van der Waals surface area contributed by atoms with Crippen LogP contribution in [0.25, 0.3) is 0 Å². The standard InChI is InChI=1S/C30H31OP/c1-20-14-16-25-27(17-15-20)30(32)26-12-5-4-11-24(26)28(25)19-22-8-7-10-23-9-3-6-13-29(23)31-21(2)18-22/h3-12,14-18,20,24,26,29H,13,19,32H2,1-2H3/b10-7+,21-18+,22-8+. The molecule has 4 aliphatic carbocycles. The molecular weight excluding hydrogens is 407 g/mol. The van der Waals surface area contributed by atoms with Crippen LogP contribution in [0.5, 0.6) is 0 Å². The van der Waals surface area contributed by atoms with Gasteiger partial charge in [-0.2, -0.15) is 0 Å². The van der Waals surface area contributed by atoms with E-state index in [-0.39, 0.29) is 6.10 Å². The minimum Gasteiger partial charge on any atom is -0.490 e. The van der Waals surface area contributed by atoms with Crippen molar-refractivity contribution in [2.24, 2.45) is 17.8 Å². The highest BCUT2D eigenvalue weighted by molar-refractivity contribution is 7.22. The Morgan fingerprint density at radius 2 is 1.69 bits per heavy atom. The Morgan fingerprint density at radius 1 is 0.906 bits per heavy atom.